The first kappa shape index (κ1) is 12.5. The van der Waals surface area contributed by atoms with Gasteiger partial charge >= 0.3 is 0 Å². The molecule has 0 aliphatic rings. The molecule has 0 aliphatic carbocycles. The van der Waals surface area contributed by atoms with Crippen molar-refractivity contribution in [2.45, 2.75) is 47.6 Å². The normalized spacial score (nSPS) is 12.5. The fourth-order valence-electron chi connectivity index (χ4n) is 1.32. The molecule has 0 radical (unpaired) electrons. The van der Waals surface area contributed by atoms with Crippen LogP contribution >= 0.6 is 11.6 Å². The van der Waals surface area contributed by atoms with Crippen LogP contribution in [0.2, 0.25) is 5.28 Å². The maximum atomic E-state index is 6.02. The maximum absolute atomic E-state index is 6.02. The van der Waals surface area contributed by atoms with Crippen molar-refractivity contribution in [3.63, 3.8) is 0 Å². The van der Waals surface area contributed by atoms with E-state index in [2.05, 4.69) is 44.8 Å². The van der Waals surface area contributed by atoms with E-state index in [1.807, 2.05) is 4.57 Å². The summed E-state index contributed by atoms with van der Waals surface area (Å²) in [6.07, 6.45) is 0.869. The number of rotatable bonds is 4. The van der Waals surface area contributed by atoms with Crippen LogP contribution in [-0.2, 0) is 13.0 Å². The summed E-state index contributed by atoms with van der Waals surface area (Å²) >= 11 is 6.02. The zero-order valence-corrected chi connectivity index (χ0v) is 11.0. The second-order valence-corrected chi connectivity index (χ2v) is 5.31. The molecule has 0 N–H and O–H groups in total. The maximum Gasteiger partial charge on any atom is 0.225 e. The van der Waals surface area contributed by atoms with E-state index in [4.69, 9.17) is 11.6 Å². The van der Waals surface area contributed by atoms with Gasteiger partial charge < -0.3 is 4.57 Å². The Morgan fingerprint density at radius 1 is 1.33 bits per heavy atom. The van der Waals surface area contributed by atoms with E-state index < -0.39 is 0 Å². The van der Waals surface area contributed by atoms with Gasteiger partial charge in [-0.25, -0.2) is 0 Å². The van der Waals surface area contributed by atoms with Crippen molar-refractivity contribution in [1.29, 1.82) is 0 Å². The van der Waals surface area contributed by atoms with Crippen LogP contribution < -0.4 is 0 Å². The molecule has 0 saturated heterocycles. The fourth-order valence-corrected chi connectivity index (χ4v) is 1.52. The van der Waals surface area contributed by atoms with E-state index in [9.17, 15) is 0 Å². The minimum absolute atomic E-state index is 0.204. The number of nitrogens with zero attached hydrogens (tertiary/aromatic N) is 3. The van der Waals surface area contributed by atoms with E-state index >= 15 is 0 Å². The Morgan fingerprint density at radius 2 is 1.93 bits per heavy atom. The van der Waals surface area contributed by atoms with Crippen LogP contribution in [0.3, 0.4) is 0 Å². The van der Waals surface area contributed by atoms with Gasteiger partial charge in [0.05, 0.1) is 0 Å². The van der Waals surface area contributed by atoms with Gasteiger partial charge in [0.15, 0.2) is 0 Å². The van der Waals surface area contributed by atoms with Gasteiger partial charge in [-0.3, -0.25) is 0 Å². The highest BCUT2D eigenvalue weighted by atomic mass is 35.5. The van der Waals surface area contributed by atoms with Crippen molar-refractivity contribution in [3.8, 4) is 0 Å². The largest absolute Gasteiger partial charge is 0.301 e. The Bertz CT molecular complexity index is 329. The Labute approximate surface area is 96.8 Å². The molecule has 0 aliphatic heterocycles. The van der Waals surface area contributed by atoms with Crippen molar-refractivity contribution in [3.05, 3.63) is 11.1 Å². The molecule has 0 amide bonds. The Morgan fingerprint density at radius 3 is 2.40 bits per heavy atom. The van der Waals surface area contributed by atoms with Crippen LogP contribution in [0.15, 0.2) is 0 Å². The lowest BCUT2D eigenvalue weighted by atomic mass is 9.81. The number of hydrogen-bond acceptors (Lipinski definition) is 2. The van der Waals surface area contributed by atoms with E-state index in [0.29, 0.717) is 11.2 Å². The molecule has 15 heavy (non-hydrogen) atoms. The molecule has 1 heterocycles. The zero-order chi connectivity index (χ0) is 11.6. The van der Waals surface area contributed by atoms with E-state index in [1.165, 1.54) is 0 Å². The van der Waals surface area contributed by atoms with Crippen LogP contribution in [0.5, 0.6) is 0 Å². The minimum atomic E-state index is 0.204. The monoisotopic (exact) mass is 229 g/mol. The first-order valence-electron chi connectivity index (χ1n) is 5.46. The number of hydrogen-bond donors (Lipinski definition) is 0. The van der Waals surface area contributed by atoms with Gasteiger partial charge in [-0.1, -0.05) is 34.6 Å². The van der Waals surface area contributed by atoms with E-state index in [0.717, 1.165) is 18.8 Å². The van der Waals surface area contributed by atoms with Gasteiger partial charge in [-0.15, -0.1) is 10.2 Å². The van der Waals surface area contributed by atoms with Crippen LogP contribution in [0.25, 0.3) is 0 Å². The first-order valence-corrected chi connectivity index (χ1v) is 5.84. The van der Waals surface area contributed by atoms with Gasteiger partial charge in [-0.2, -0.15) is 0 Å². The molecule has 86 valence electrons. The van der Waals surface area contributed by atoms with E-state index in [-0.39, 0.29) is 5.41 Å². The molecule has 0 bridgehead atoms. The molecule has 1 aromatic heterocycles. The molecular weight excluding hydrogens is 210 g/mol. The second-order valence-electron chi connectivity index (χ2n) is 4.97. The number of aryl methyl sites for hydroxylation is 1. The number of aromatic nitrogens is 3. The standard InChI is InChI=1S/C11H20ClN3/c1-6-9-13-14-10(12)15(9)7-11(4,5)8(2)3/h8H,6-7H2,1-5H3. The van der Waals surface area contributed by atoms with Crippen LogP contribution in [0, 0.1) is 11.3 Å². The average molecular weight is 230 g/mol. The highest BCUT2D eigenvalue weighted by molar-refractivity contribution is 6.28. The van der Waals surface area contributed by atoms with Gasteiger partial charge in [0.1, 0.15) is 5.82 Å². The van der Waals surface area contributed by atoms with Crippen molar-refractivity contribution >= 4 is 11.6 Å². The third-order valence-electron chi connectivity index (χ3n) is 3.23. The molecular formula is C11H20ClN3. The van der Waals surface area contributed by atoms with Crippen molar-refractivity contribution in [1.82, 2.24) is 14.8 Å². The summed E-state index contributed by atoms with van der Waals surface area (Å²) < 4.78 is 2.02. The van der Waals surface area contributed by atoms with Gasteiger partial charge in [-0.05, 0) is 22.9 Å². The Kier molecular flexibility index (Phi) is 3.77. The van der Waals surface area contributed by atoms with Crippen molar-refractivity contribution < 1.29 is 0 Å². The lowest BCUT2D eigenvalue weighted by molar-refractivity contribution is 0.208. The summed E-state index contributed by atoms with van der Waals surface area (Å²) in [5, 5.41) is 8.47. The molecule has 1 aromatic rings. The SMILES string of the molecule is CCc1nnc(Cl)n1CC(C)(C)C(C)C. The van der Waals surface area contributed by atoms with Crippen LogP contribution in [0.1, 0.15) is 40.4 Å². The minimum Gasteiger partial charge on any atom is -0.301 e. The molecule has 0 atom stereocenters. The smallest absolute Gasteiger partial charge is 0.225 e. The average Bonchev–Trinajstić information content (AvgIpc) is 2.47. The molecule has 0 aromatic carbocycles. The molecule has 0 fully saturated rings. The lowest BCUT2D eigenvalue weighted by Gasteiger charge is -2.30. The van der Waals surface area contributed by atoms with Gasteiger partial charge in [0.2, 0.25) is 5.28 Å². The Hall–Kier alpha value is -0.570. The first-order chi connectivity index (χ1) is 6.88. The van der Waals surface area contributed by atoms with Gasteiger partial charge in [0, 0.05) is 13.0 Å². The molecule has 3 nitrogen and oxygen atoms in total. The van der Waals surface area contributed by atoms with Gasteiger partial charge in [0.25, 0.3) is 0 Å². The third-order valence-corrected chi connectivity index (χ3v) is 3.51. The van der Waals surface area contributed by atoms with Crippen LogP contribution in [-0.4, -0.2) is 14.8 Å². The molecule has 0 spiro atoms. The quantitative estimate of drug-likeness (QED) is 0.794. The lowest BCUT2D eigenvalue weighted by Crippen LogP contribution is -2.26. The summed E-state index contributed by atoms with van der Waals surface area (Å²) in [7, 11) is 0. The molecule has 0 saturated carbocycles. The Balaban J connectivity index is 2.93. The summed E-state index contributed by atoms with van der Waals surface area (Å²) in [6, 6.07) is 0. The number of halogens is 1. The molecule has 4 heteroatoms. The topological polar surface area (TPSA) is 30.7 Å². The van der Waals surface area contributed by atoms with Crippen molar-refractivity contribution in [2.75, 3.05) is 0 Å². The van der Waals surface area contributed by atoms with Crippen LogP contribution in [0.4, 0.5) is 0 Å². The molecule has 1 rings (SSSR count). The third kappa shape index (κ3) is 2.71. The zero-order valence-electron chi connectivity index (χ0n) is 10.2. The van der Waals surface area contributed by atoms with Crippen molar-refractivity contribution in [2.24, 2.45) is 11.3 Å². The second kappa shape index (κ2) is 4.52. The summed E-state index contributed by atoms with van der Waals surface area (Å²) in [4.78, 5) is 0. The summed E-state index contributed by atoms with van der Waals surface area (Å²) in [5.74, 6) is 1.56. The predicted octanol–water partition coefficient (Wildman–Crippen LogP) is 3.18. The predicted molar refractivity (Wildman–Crippen MR) is 63.0 cm³/mol. The summed E-state index contributed by atoms with van der Waals surface area (Å²) in [5.41, 5.74) is 0.204. The fraction of sp³-hybridized carbons (Fsp3) is 0.818. The highest BCUT2D eigenvalue weighted by Crippen LogP contribution is 2.29. The highest BCUT2D eigenvalue weighted by Gasteiger charge is 2.25. The van der Waals surface area contributed by atoms with E-state index in [1.54, 1.807) is 0 Å². The summed E-state index contributed by atoms with van der Waals surface area (Å²) in [6.45, 7) is 11.9. The molecule has 0 unspecified atom stereocenters.